The van der Waals surface area contributed by atoms with E-state index in [2.05, 4.69) is 26.6 Å². The van der Waals surface area contributed by atoms with E-state index < -0.39 is 0 Å². The van der Waals surface area contributed by atoms with Gasteiger partial charge in [-0.15, -0.1) is 12.4 Å². The number of nitrogens with one attached hydrogen (secondary N) is 2. The van der Waals surface area contributed by atoms with Gasteiger partial charge < -0.3 is 16.4 Å². The van der Waals surface area contributed by atoms with Gasteiger partial charge in [0.1, 0.15) is 0 Å². The van der Waals surface area contributed by atoms with Crippen LogP contribution in [0.1, 0.15) is 43.5 Å². The topological polar surface area (TPSA) is 84.2 Å². The summed E-state index contributed by atoms with van der Waals surface area (Å²) in [6, 6.07) is 7.06. The van der Waals surface area contributed by atoms with Gasteiger partial charge in [-0.2, -0.15) is 0 Å². The maximum Gasteiger partial charge on any atom is 0.251 e. The zero-order valence-corrected chi connectivity index (χ0v) is 15.9. The summed E-state index contributed by atoms with van der Waals surface area (Å²) in [6.07, 6.45) is 1.86. The molecule has 7 heteroatoms. The fraction of sp³-hybridized carbons (Fsp3) is 0.500. The fourth-order valence-electron chi connectivity index (χ4n) is 1.86. The molecule has 0 aromatic heterocycles. The van der Waals surface area contributed by atoms with Crippen LogP contribution in [0.3, 0.4) is 0 Å². The number of halogens is 2. The third kappa shape index (κ3) is 7.81. The first kappa shape index (κ1) is 21.9. The van der Waals surface area contributed by atoms with Gasteiger partial charge in [0.2, 0.25) is 5.91 Å². The standard InChI is InChI=1S/C16H24BrN3O2.ClH/c1-3-16(18,4-2)11-20-14(21)9-10-19-15(22)12-5-7-13(17)8-6-12;/h5-8H,3-4,9-11,18H2,1-2H3,(H,19,22)(H,20,21);1H. The monoisotopic (exact) mass is 405 g/mol. The molecule has 5 nitrogen and oxygen atoms in total. The molecule has 1 aromatic carbocycles. The van der Waals surface area contributed by atoms with Crippen molar-refractivity contribution in [3.63, 3.8) is 0 Å². The van der Waals surface area contributed by atoms with Gasteiger partial charge in [0.25, 0.3) is 5.91 Å². The highest BCUT2D eigenvalue weighted by molar-refractivity contribution is 9.10. The molecule has 0 aliphatic heterocycles. The molecule has 0 saturated heterocycles. The minimum Gasteiger partial charge on any atom is -0.354 e. The highest BCUT2D eigenvalue weighted by Crippen LogP contribution is 2.10. The number of nitrogens with two attached hydrogens (primary N) is 1. The summed E-state index contributed by atoms with van der Waals surface area (Å²) >= 11 is 3.32. The van der Waals surface area contributed by atoms with Crippen LogP contribution in [0.5, 0.6) is 0 Å². The molecule has 0 saturated carbocycles. The lowest BCUT2D eigenvalue weighted by Gasteiger charge is -2.26. The molecule has 0 spiro atoms. The van der Waals surface area contributed by atoms with Crippen molar-refractivity contribution in [2.24, 2.45) is 5.73 Å². The molecule has 0 aliphatic rings. The average Bonchev–Trinajstić information content (AvgIpc) is 2.53. The van der Waals surface area contributed by atoms with Crippen LogP contribution in [0.15, 0.2) is 28.7 Å². The van der Waals surface area contributed by atoms with Crippen LogP contribution in [0, 0.1) is 0 Å². The number of benzene rings is 1. The van der Waals surface area contributed by atoms with Crippen molar-refractivity contribution in [3.05, 3.63) is 34.3 Å². The predicted molar refractivity (Wildman–Crippen MR) is 98.9 cm³/mol. The Bertz CT molecular complexity index is 505. The SMILES string of the molecule is CCC(N)(CC)CNC(=O)CCNC(=O)c1ccc(Br)cc1.Cl. The summed E-state index contributed by atoms with van der Waals surface area (Å²) in [4.78, 5) is 23.6. The Morgan fingerprint density at radius 1 is 1.13 bits per heavy atom. The zero-order valence-electron chi connectivity index (χ0n) is 13.5. The van der Waals surface area contributed by atoms with Crippen LogP contribution in [0.25, 0.3) is 0 Å². The van der Waals surface area contributed by atoms with Crippen molar-refractivity contribution in [1.82, 2.24) is 10.6 Å². The molecular formula is C16H25BrClN3O2. The molecule has 0 fully saturated rings. The van der Waals surface area contributed by atoms with E-state index in [1.807, 2.05) is 13.8 Å². The van der Waals surface area contributed by atoms with E-state index in [0.29, 0.717) is 18.7 Å². The second-order valence-electron chi connectivity index (χ2n) is 5.36. The number of amides is 2. The molecule has 2 amide bonds. The minimum atomic E-state index is -0.351. The van der Waals surface area contributed by atoms with Crippen molar-refractivity contribution in [1.29, 1.82) is 0 Å². The summed E-state index contributed by atoms with van der Waals surface area (Å²) in [5.41, 5.74) is 6.34. The molecule has 0 radical (unpaired) electrons. The van der Waals surface area contributed by atoms with Gasteiger partial charge in [-0.1, -0.05) is 29.8 Å². The molecular weight excluding hydrogens is 382 g/mol. The number of carbonyl (C=O) groups is 2. The zero-order chi connectivity index (χ0) is 16.6. The van der Waals surface area contributed by atoms with Crippen molar-refractivity contribution >= 4 is 40.2 Å². The van der Waals surface area contributed by atoms with Crippen LogP contribution in [-0.2, 0) is 4.79 Å². The lowest BCUT2D eigenvalue weighted by molar-refractivity contribution is -0.121. The first-order chi connectivity index (χ1) is 10.4. The highest BCUT2D eigenvalue weighted by Gasteiger charge is 2.20. The lowest BCUT2D eigenvalue weighted by Crippen LogP contribution is -2.49. The molecule has 0 unspecified atom stereocenters. The van der Waals surface area contributed by atoms with E-state index in [-0.39, 0.29) is 36.2 Å². The van der Waals surface area contributed by atoms with E-state index in [1.165, 1.54) is 0 Å². The Morgan fingerprint density at radius 3 is 2.22 bits per heavy atom. The van der Waals surface area contributed by atoms with Gasteiger partial charge in [0.05, 0.1) is 0 Å². The average molecular weight is 407 g/mol. The highest BCUT2D eigenvalue weighted by atomic mass is 79.9. The van der Waals surface area contributed by atoms with Gasteiger partial charge in [0.15, 0.2) is 0 Å². The minimum absolute atomic E-state index is 0. The molecule has 0 heterocycles. The van der Waals surface area contributed by atoms with E-state index in [9.17, 15) is 9.59 Å². The van der Waals surface area contributed by atoms with E-state index in [1.54, 1.807) is 24.3 Å². The van der Waals surface area contributed by atoms with Gasteiger partial charge in [-0.05, 0) is 37.1 Å². The summed E-state index contributed by atoms with van der Waals surface area (Å²) in [5, 5.41) is 5.55. The molecule has 130 valence electrons. The number of rotatable bonds is 8. The number of hydrogen-bond acceptors (Lipinski definition) is 3. The Morgan fingerprint density at radius 2 is 1.70 bits per heavy atom. The molecule has 0 aliphatic carbocycles. The molecule has 4 N–H and O–H groups in total. The van der Waals surface area contributed by atoms with E-state index in [0.717, 1.165) is 17.3 Å². The van der Waals surface area contributed by atoms with E-state index >= 15 is 0 Å². The van der Waals surface area contributed by atoms with Crippen LogP contribution < -0.4 is 16.4 Å². The van der Waals surface area contributed by atoms with Gasteiger partial charge in [-0.3, -0.25) is 9.59 Å². The second-order valence-corrected chi connectivity index (χ2v) is 6.27. The van der Waals surface area contributed by atoms with Gasteiger partial charge in [0, 0.05) is 35.1 Å². The Labute approximate surface area is 152 Å². The third-order valence-corrected chi connectivity index (χ3v) is 4.32. The molecule has 1 rings (SSSR count). The summed E-state index contributed by atoms with van der Waals surface area (Å²) in [6.45, 7) is 4.78. The second kappa shape index (κ2) is 10.6. The quantitative estimate of drug-likeness (QED) is 0.620. The molecule has 0 atom stereocenters. The van der Waals surface area contributed by atoms with Gasteiger partial charge in [-0.25, -0.2) is 0 Å². The van der Waals surface area contributed by atoms with Crippen molar-refractivity contribution in [3.8, 4) is 0 Å². The maximum absolute atomic E-state index is 11.9. The Hall–Kier alpha value is -1.11. The van der Waals surface area contributed by atoms with E-state index in [4.69, 9.17) is 5.73 Å². The summed E-state index contributed by atoms with van der Waals surface area (Å²) < 4.78 is 0.917. The first-order valence-electron chi connectivity index (χ1n) is 7.49. The molecule has 23 heavy (non-hydrogen) atoms. The normalized spacial score (nSPS) is 10.6. The largest absolute Gasteiger partial charge is 0.354 e. The Kier molecular flexibility index (Phi) is 10.1. The van der Waals surface area contributed by atoms with Gasteiger partial charge >= 0.3 is 0 Å². The third-order valence-electron chi connectivity index (χ3n) is 3.79. The number of carbonyl (C=O) groups excluding carboxylic acids is 2. The molecule has 1 aromatic rings. The van der Waals surface area contributed by atoms with Crippen LogP contribution in [0.4, 0.5) is 0 Å². The smallest absolute Gasteiger partial charge is 0.251 e. The van der Waals surface area contributed by atoms with Crippen molar-refractivity contribution in [2.75, 3.05) is 13.1 Å². The van der Waals surface area contributed by atoms with Crippen molar-refractivity contribution in [2.45, 2.75) is 38.6 Å². The van der Waals surface area contributed by atoms with Crippen LogP contribution >= 0.6 is 28.3 Å². The fourth-order valence-corrected chi connectivity index (χ4v) is 2.12. The summed E-state index contributed by atoms with van der Waals surface area (Å²) in [5.74, 6) is -0.289. The van der Waals surface area contributed by atoms with Crippen LogP contribution in [-0.4, -0.2) is 30.4 Å². The first-order valence-corrected chi connectivity index (χ1v) is 8.29. The Balaban J connectivity index is 0.00000484. The molecule has 0 bridgehead atoms. The number of hydrogen-bond donors (Lipinski definition) is 3. The maximum atomic E-state index is 11.9. The summed E-state index contributed by atoms with van der Waals surface area (Å²) in [7, 11) is 0. The predicted octanol–water partition coefficient (Wildman–Crippen LogP) is 2.62. The lowest BCUT2D eigenvalue weighted by atomic mass is 9.94. The van der Waals surface area contributed by atoms with Crippen molar-refractivity contribution < 1.29 is 9.59 Å². The van der Waals surface area contributed by atoms with Crippen LogP contribution in [0.2, 0.25) is 0 Å².